The summed E-state index contributed by atoms with van der Waals surface area (Å²) < 4.78 is 7.61. The topological polar surface area (TPSA) is 32.8 Å². The number of hydrogen-bond donors (Lipinski definition) is 0. The molecule has 1 aromatic heterocycles. The number of piperazine rings is 1. The highest BCUT2D eigenvalue weighted by molar-refractivity contribution is 9.13. The second-order valence-electron chi connectivity index (χ2n) is 5.46. The first kappa shape index (κ1) is 15.9. The van der Waals surface area contributed by atoms with E-state index in [0.717, 1.165) is 52.5 Å². The maximum atomic E-state index is 12.5. The summed E-state index contributed by atoms with van der Waals surface area (Å²) >= 11 is 8.37. The van der Waals surface area contributed by atoms with Crippen LogP contribution in [0.5, 0.6) is 0 Å². The zero-order valence-electron chi connectivity index (χ0n) is 11.7. The van der Waals surface area contributed by atoms with Crippen molar-refractivity contribution in [2.45, 2.75) is 18.9 Å². The highest BCUT2D eigenvalue weighted by atomic mass is 79.9. The fourth-order valence-corrected chi connectivity index (χ4v) is 4.82. The number of nitrogens with zero attached hydrogens (tertiary/aromatic N) is 2. The molecule has 0 radical (unpaired) electrons. The van der Waals surface area contributed by atoms with Crippen molar-refractivity contribution in [2.24, 2.45) is 0 Å². The fraction of sp³-hybridized carbons (Fsp3) is 0.643. The molecule has 7 heteroatoms. The third kappa shape index (κ3) is 3.88. The van der Waals surface area contributed by atoms with Gasteiger partial charge in [-0.15, -0.1) is 11.3 Å². The van der Waals surface area contributed by atoms with Crippen LogP contribution in [0.25, 0.3) is 0 Å². The van der Waals surface area contributed by atoms with E-state index in [9.17, 15) is 4.79 Å². The monoisotopic (exact) mass is 436 g/mol. The van der Waals surface area contributed by atoms with Crippen LogP contribution in [0.15, 0.2) is 14.3 Å². The predicted octanol–water partition coefficient (Wildman–Crippen LogP) is 3.21. The minimum absolute atomic E-state index is 0.142. The lowest BCUT2D eigenvalue weighted by Crippen LogP contribution is -2.50. The summed E-state index contributed by atoms with van der Waals surface area (Å²) in [5.74, 6) is 0.142. The Hall–Kier alpha value is 0.0500. The molecule has 0 saturated carbocycles. The van der Waals surface area contributed by atoms with Crippen LogP contribution in [0.1, 0.15) is 22.5 Å². The number of carbonyl (C=O) groups excluding carboxylic acids is 1. The van der Waals surface area contributed by atoms with Gasteiger partial charge in [0.1, 0.15) is 0 Å². The van der Waals surface area contributed by atoms with Crippen molar-refractivity contribution in [3.05, 3.63) is 19.2 Å². The largest absolute Gasteiger partial charge is 0.377 e. The standard InChI is InChI=1S/C14H18Br2N2O2S/c15-11-8-12(21-13(11)16)14(19)18-5-3-17(4-6-18)9-10-2-1-7-20-10/h8,10H,1-7,9H2. The summed E-state index contributed by atoms with van der Waals surface area (Å²) in [6, 6.07) is 1.90. The Morgan fingerprint density at radius 3 is 2.67 bits per heavy atom. The Bertz CT molecular complexity index is 490. The summed E-state index contributed by atoms with van der Waals surface area (Å²) in [6.45, 7) is 5.42. The van der Waals surface area contributed by atoms with Crippen LogP contribution in [-0.2, 0) is 4.74 Å². The Labute approximate surface area is 145 Å². The van der Waals surface area contributed by atoms with Crippen LogP contribution < -0.4 is 0 Å². The van der Waals surface area contributed by atoms with E-state index in [2.05, 4.69) is 36.8 Å². The maximum Gasteiger partial charge on any atom is 0.264 e. The number of halogens is 2. The molecule has 21 heavy (non-hydrogen) atoms. The molecule has 116 valence electrons. The highest BCUT2D eigenvalue weighted by Crippen LogP contribution is 2.33. The molecule has 0 aromatic carbocycles. The molecular formula is C14H18Br2N2O2S. The van der Waals surface area contributed by atoms with Gasteiger partial charge in [-0.1, -0.05) is 0 Å². The SMILES string of the molecule is O=C(c1cc(Br)c(Br)s1)N1CCN(CC2CCCO2)CC1. The number of carbonyl (C=O) groups is 1. The van der Waals surface area contributed by atoms with Crippen molar-refractivity contribution in [3.8, 4) is 0 Å². The Morgan fingerprint density at radius 2 is 2.10 bits per heavy atom. The maximum absolute atomic E-state index is 12.5. The number of amides is 1. The van der Waals surface area contributed by atoms with Gasteiger partial charge in [0.2, 0.25) is 0 Å². The molecule has 1 amide bonds. The fourth-order valence-electron chi connectivity index (χ4n) is 2.82. The van der Waals surface area contributed by atoms with Crippen molar-refractivity contribution in [1.29, 1.82) is 0 Å². The van der Waals surface area contributed by atoms with Gasteiger partial charge in [-0.05, 0) is 50.8 Å². The van der Waals surface area contributed by atoms with Crippen LogP contribution in [0.2, 0.25) is 0 Å². The van der Waals surface area contributed by atoms with Gasteiger partial charge in [0.25, 0.3) is 5.91 Å². The Balaban J connectivity index is 1.51. The molecule has 2 aliphatic heterocycles. The first-order valence-electron chi connectivity index (χ1n) is 7.21. The quantitative estimate of drug-likeness (QED) is 0.727. The molecule has 1 aromatic rings. The molecule has 0 spiro atoms. The summed E-state index contributed by atoms with van der Waals surface area (Å²) in [7, 11) is 0. The van der Waals surface area contributed by atoms with Crippen molar-refractivity contribution >= 4 is 49.1 Å². The second kappa shape index (κ2) is 7.08. The van der Waals surface area contributed by atoms with Crippen LogP contribution >= 0.6 is 43.2 Å². The van der Waals surface area contributed by atoms with E-state index in [1.54, 1.807) is 0 Å². The third-order valence-electron chi connectivity index (χ3n) is 4.00. The lowest BCUT2D eigenvalue weighted by Gasteiger charge is -2.35. The average Bonchev–Trinajstić information content (AvgIpc) is 3.10. The third-order valence-corrected chi connectivity index (χ3v) is 7.25. The molecule has 0 N–H and O–H groups in total. The lowest BCUT2D eigenvalue weighted by molar-refractivity contribution is 0.0435. The molecule has 0 aliphatic carbocycles. The highest BCUT2D eigenvalue weighted by Gasteiger charge is 2.26. The summed E-state index contributed by atoms with van der Waals surface area (Å²) in [5, 5.41) is 0. The van der Waals surface area contributed by atoms with Crippen LogP contribution in [0.3, 0.4) is 0 Å². The van der Waals surface area contributed by atoms with E-state index in [0.29, 0.717) is 6.10 Å². The van der Waals surface area contributed by atoms with Crippen molar-refractivity contribution in [2.75, 3.05) is 39.3 Å². The molecule has 1 atom stereocenters. The van der Waals surface area contributed by atoms with Crippen molar-refractivity contribution in [1.82, 2.24) is 9.80 Å². The smallest absolute Gasteiger partial charge is 0.264 e. The van der Waals surface area contributed by atoms with E-state index >= 15 is 0 Å². The molecule has 2 saturated heterocycles. The summed E-state index contributed by atoms with van der Waals surface area (Å²) in [5.41, 5.74) is 0. The predicted molar refractivity (Wildman–Crippen MR) is 91.0 cm³/mol. The average molecular weight is 438 g/mol. The van der Waals surface area contributed by atoms with Crippen LogP contribution in [0, 0.1) is 0 Å². The molecule has 2 aliphatic rings. The number of thiophene rings is 1. The van der Waals surface area contributed by atoms with Crippen molar-refractivity contribution < 1.29 is 9.53 Å². The molecule has 2 fully saturated rings. The van der Waals surface area contributed by atoms with Crippen LogP contribution in [0.4, 0.5) is 0 Å². The van der Waals surface area contributed by atoms with Gasteiger partial charge in [-0.3, -0.25) is 9.69 Å². The van der Waals surface area contributed by atoms with Gasteiger partial charge < -0.3 is 9.64 Å². The van der Waals surface area contributed by atoms with Gasteiger partial charge in [-0.2, -0.15) is 0 Å². The first-order chi connectivity index (χ1) is 10.1. The zero-order valence-corrected chi connectivity index (χ0v) is 15.7. The lowest BCUT2D eigenvalue weighted by atomic mass is 10.2. The molecule has 1 unspecified atom stereocenters. The van der Waals surface area contributed by atoms with Crippen molar-refractivity contribution in [3.63, 3.8) is 0 Å². The van der Waals surface area contributed by atoms with E-state index in [1.807, 2.05) is 11.0 Å². The first-order valence-corrected chi connectivity index (χ1v) is 9.62. The van der Waals surface area contributed by atoms with E-state index in [-0.39, 0.29) is 5.91 Å². The second-order valence-corrected chi connectivity index (χ2v) is 8.68. The normalized spacial score (nSPS) is 23.7. The number of hydrogen-bond acceptors (Lipinski definition) is 4. The Kier molecular flexibility index (Phi) is 5.37. The van der Waals surface area contributed by atoms with E-state index < -0.39 is 0 Å². The van der Waals surface area contributed by atoms with Gasteiger partial charge in [0, 0.05) is 43.8 Å². The molecule has 0 bridgehead atoms. The van der Waals surface area contributed by atoms with Gasteiger partial charge in [0.15, 0.2) is 0 Å². The minimum atomic E-state index is 0.142. The van der Waals surface area contributed by atoms with E-state index in [4.69, 9.17) is 4.74 Å². The zero-order chi connectivity index (χ0) is 14.8. The van der Waals surface area contributed by atoms with E-state index in [1.165, 1.54) is 24.2 Å². The van der Waals surface area contributed by atoms with Gasteiger partial charge >= 0.3 is 0 Å². The van der Waals surface area contributed by atoms with Gasteiger partial charge in [-0.25, -0.2) is 0 Å². The minimum Gasteiger partial charge on any atom is -0.377 e. The number of rotatable bonds is 3. The molecule has 3 heterocycles. The summed E-state index contributed by atoms with van der Waals surface area (Å²) in [4.78, 5) is 17.6. The van der Waals surface area contributed by atoms with Crippen LogP contribution in [-0.4, -0.2) is 61.1 Å². The Morgan fingerprint density at radius 1 is 1.33 bits per heavy atom. The number of ether oxygens (including phenoxy) is 1. The molecule has 3 rings (SSSR count). The molecular weight excluding hydrogens is 420 g/mol. The summed E-state index contributed by atoms with van der Waals surface area (Å²) in [6.07, 6.45) is 2.76. The van der Waals surface area contributed by atoms with Gasteiger partial charge in [0.05, 0.1) is 14.8 Å². The molecule has 4 nitrogen and oxygen atoms in total.